The minimum atomic E-state index is -0.880. The van der Waals surface area contributed by atoms with Crippen molar-refractivity contribution in [3.05, 3.63) is 29.3 Å². The van der Waals surface area contributed by atoms with Gasteiger partial charge < -0.3 is 15.4 Å². The largest absolute Gasteiger partial charge is 0.489 e. The van der Waals surface area contributed by atoms with Gasteiger partial charge in [0.15, 0.2) is 5.96 Å². The molecule has 0 fully saturated rings. The molecule has 2 atom stereocenters. The highest BCUT2D eigenvalue weighted by atomic mass is 35.5. The van der Waals surface area contributed by atoms with Crippen molar-refractivity contribution in [3.8, 4) is 5.75 Å². The maximum atomic E-state index is 12.1. The summed E-state index contributed by atoms with van der Waals surface area (Å²) in [7, 11) is -0.880. The predicted molar refractivity (Wildman–Crippen MR) is 108 cm³/mol. The fraction of sp³-hybridized carbons (Fsp3) is 0.611. The number of hydrogen-bond donors (Lipinski definition) is 2. The van der Waals surface area contributed by atoms with E-state index in [2.05, 4.69) is 15.6 Å². The van der Waals surface area contributed by atoms with Gasteiger partial charge >= 0.3 is 0 Å². The number of aliphatic imine (C=N–C) groups is 1. The lowest BCUT2D eigenvalue weighted by molar-refractivity contribution is 0.230. The van der Waals surface area contributed by atoms with Crippen molar-refractivity contribution in [3.63, 3.8) is 0 Å². The molecule has 1 aromatic rings. The van der Waals surface area contributed by atoms with Crippen LogP contribution in [0.1, 0.15) is 34.6 Å². The van der Waals surface area contributed by atoms with E-state index in [1.165, 1.54) is 0 Å². The Hall–Kier alpha value is -1.27. The average Bonchev–Trinajstić information content (AvgIpc) is 2.53. The first-order valence-electron chi connectivity index (χ1n) is 8.55. The lowest BCUT2D eigenvalue weighted by atomic mass is 10.3. The van der Waals surface area contributed by atoms with Gasteiger partial charge in [0.25, 0.3) is 0 Å². The van der Waals surface area contributed by atoms with Gasteiger partial charge in [-0.15, -0.1) is 0 Å². The van der Waals surface area contributed by atoms with E-state index < -0.39 is 10.8 Å². The highest BCUT2D eigenvalue weighted by Gasteiger charge is 2.18. The first-order chi connectivity index (χ1) is 11.7. The van der Waals surface area contributed by atoms with Crippen molar-refractivity contribution in [2.24, 2.45) is 4.99 Å². The lowest BCUT2D eigenvalue weighted by Gasteiger charge is -2.19. The zero-order chi connectivity index (χ0) is 18.9. The zero-order valence-corrected chi connectivity index (χ0v) is 17.3. The fourth-order valence-electron chi connectivity index (χ4n) is 1.91. The molecule has 0 saturated carbocycles. The van der Waals surface area contributed by atoms with E-state index in [0.29, 0.717) is 29.8 Å². The molecule has 2 N–H and O–H groups in total. The SMILES string of the molecule is CCNC(=NCC(C)Oc1ccc(Cl)cc1)NCCS(=O)C(C)(C)C. The highest BCUT2D eigenvalue weighted by molar-refractivity contribution is 7.86. The van der Waals surface area contributed by atoms with Gasteiger partial charge in [-0.1, -0.05) is 11.6 Å². The first-order valence-corrected chi connectivity index (χ1v) is 10.2. The predicted octanol–water partition coefficient (Wildman–Crippen LogP) is 3.21. The van der Waals surface area contributed by atoms with Crippen molar-refractivity contribution in [1.82, 2.24) is 10.6 Å². The second-order valence-electron chi connectivity index (χ2n) is 6.69. The van der Waals surface area contributed by atoms with Crippen LogP contribution in [0.15, 0.2) is 29.3 Å². The molecular weight excluding hydrogens is 358 g/mol. The number of halogens is 1. The second kappa shape index (κ2) is 10.7. The Morgan fingerprint density at radius 1 is 1.28 bits per heavy atom. The summed E-state index contributed by atoms with van der Waals surface area (Å²) in [6, 6.07) is 7.28. The summed E-state index contributed by atoms with van der Waals surface area (Å²) >= 11 is 5.87. The van der Waals surface area contributed by atoms with Crippen LogP contribution in [0.25, 0.3) is 0 Å². The third kappa shape index (κ3) is 9.12. The first kappa shape index (κ1) is 21.8. The Balaban J connectivity index is 2.48. The van der Waals surface area contributed by atoms with E-state index in [9.17, 15) is 4.21 Å². The van der Waals surface area contributed by atoms with Gasteiger partial charge in [-0.3, -0.25) is 4.21 Å². The summed E-state index contributed by atoms with van der Waals surface area (Å²) < 4.78 is 17.7. The standard InChI is InChI=1S/C18H30ClN3O2S/c1-6-20-17(21-11-12-25(23)18(3,4)5)22-13-14(2)24-16-9-7-15(19)8-10-16/h7-10,14H,6,11-13H2,1-5H3,(H2,20,21,22). The molecule has 1 rings (SSSR count). The van der Waals surface area contributed by atoms with E-state index in [0.717, 1.165) is 12.3 Å². The maximum absolute atomic E-state index is 12.1. The van der Waals surface area contributed by atoms with E-state index >= 15 is 0 Å². The van der Waals surface area contributed by atoms with Crippen LogP contribution in [0.4, 0.5) is 0 Å². The van der Waals surface area contributed by atoms with Crippen LogP contribution >= 0.6 is 11.6 Å². The Bertz CT molecular complexity index is 571. The molecule has 0 spiro atoms. The monoisotopic (exact) mass is 387 g/mol. The third-order valence-corrected chi connectivity index (χ3v) is 5.46. The minimum Gasteiger partial charge on any atom is -0.489 e. The van der Waals surface area contributed by atoms with Crippen molar-refractivity contribution >= 4 is 28.4 Å². The third-order valence-electron chi connectivity index (χ3n) is 3.26. The number of ether oxygens (including phenoxy) is 1. The van der Waals surface area contributed by atoms with Gasteiger partial charge in [0.05, 0.1) is 6.54 Å². The highest BCUT2D eigenvalue weighted by Crippen LogP contribution is 2.16. The van der Waals surface area contributed by atoms with E-state index in [-0.39, 0.29) is 10.9 Å². The normalized spacial score (nSPS) is 14.7. The summed E-state index contributed by atoms with van der Waals surface area (Å²) in [5, 5.41) is 7.10. The van der Waals surface area contributed by atoms with Crippen LogP contribution in [0.3, 0.4) is 0 Å². The van der Waals surface area contributed by atoms with Crippen molar-refractivity contribution in [1.29, 1.82) is 0 Å². The van der Waals surface area contributed by atoms with E-state index in [1.54, 1.807) is 12.1 Å². The summed E-state index contributed by atoms with van der Waals surface area (Å²) in [6.07, 6.45) is -0.0691. The molecule has 0 bridgehead atoms. The molecular formula is C18H30ClN3O2S. The zero-order valence-electron chi connectivity index (χ0n) is 15.8. The molecule has 0 saturated heterocycles. The Labute approximate surface area is 159 Å². The van der Waals surface area contributed by atoms with Gasteiger partial charge in [0, 0.05) is 39.4 Å². The van der Waals surface area contributed by atoms with Gasteiger partial charge in [0.1, 0.15) is 11.9 Å². The maximum Gasteiger partial charge on any atom is 0.191 e. The molecule has 0 aromatic heterocycles. The molecule has 0 aliphatic carbocycles. The molecule has 2 unspecified atom stereocenters. The number of benzene rings is 1. The number of guanidine groups is 1. The van der Waals surface area contributed by atoms with Crippen LogP contribution in [0.2, 0.25) is 5.02 Å². The van der Waals surface area contributed by atoms with Crippen molar-refractivity contribution in [2.75, 3.05) is 25.4 Å². The Morgan fingerprint density at radius 3 is 2.48 bits per heavy atom. The summed E-state index contributed by atoms with van der Waals surface area (Å²) in [5.41, 5.74) is 0. The van der Waals surface area contributed by atoms with Gasteiger partial charge in [-0.2, -0.15) is 0 Å². The lowest BCUT2D eigenvalue weighted by Crippen LogP contribution is -2.41. The summed E-state index contributed by atoms with van der Waals surface area (Å²) in [5.74, 6) is 2.07. The Morgan fingerprint density at radius 2 is 1.92 bits per heavy atom. The van der Waals surface area contributed by atoms with Crippen molar-refractivity contribution < 1.29 is 8.95 Å². The smallest absolute Gasteiger partial charge is 0.191 e. The van der Waals surface area contributed by atoms with E-state index in [1.807, 2.05) is 46.8 Å². The number of nitrogens with one attached hydrogen (secondary N) is 2. The molecule has 0 amide bonds. The molecule has 1 aromatic carbocycles. The van der Waals surface area contributed by atoms with Gasteiger partial charge in [-0.05, 0) is 58.9 Å². The molecule has 0 aliphatic heterocycles. The number of nitrogens with zero attached hydrogens (tertiary/aromatic N) is 1. The molecule has 0 radical (unpaired) electrons. The summed E-state index contributed by atoms with van der Waals surface area (Å²) in [6.45, 7) is 11.8. The fourth-order valence-corrected chi connectivity index (χ4v) is 2.94. The molecule has 5 nitrogen and oxygen atoms in total. The second-order valence-corrected chi connectivity index (χ2v) is 9.45. The molecule has 0 heterocycles. The molecule has 25 heavy (non-hydrogen) atoms. The van der Waals surface area contributed by atoms with Crippen molar-refractivity contribution in [2.45, 2.75) is 45.5 Å². The number of hydrogen-bond acceptors (Lipinski definition) is 3. The minimum absolute atomic E-state index is 0.0691. The topological polar surface area (TPSA) is 62.7 Å². The van der Waals surface area contributed by atoms with Crippen LogP contribution in [-0.4, -0.2) is 46.4 Å². The molecule has 142 valence electrons. The van der Waals surface area contributed by atoms with E-state index in [4.69, 9.17) is 16.3 Å². The van der Waals surface area contributed by atoms with Gasteiger partial charge in [-0.25, -0.2) is 4.99 Å². The van der Waals surface area contributed by atoms with Crippen LogP contribution in [0.5, 0.6) is 5.75 Å². The van der Waals surface area contributed by atoms with Crippen LogP contribution < -0.4 is 15.4 Å². The molecule has 7 heteroatoms. The average molecular weight is 388 g/mol. The quantitative estimate of drug-likeness (QED) is 0.531. The van der Waals surface area contributed by atoms with Crippen LogP contribution in [-0.2, 0) is 10.8 Å². The van der Waals surface area contributed by atoms with Gasteiger partial charge in [0.2, 0.25) is 0 Å². The van der Waals surface area contributed by atoms with Crippen LogP contribution in [0, 0.1) is 0 Å². The number of rotatable bonds is 8. The summed E-state index contributed by atoms with van der Waals surface area (Å²) in [4.78, 5) is 4.53. The molecule has 0 aliphatic rings. The Kier molecular flexibility index (Phi) is 9.28.